The van der Waals surface area contributed by atoms with E-state index in [-0.39, 0.29) is 0 Å². The van der Waals surface area contributed by atoms with Crippen molar-refractivity contribution in [3.05, 3.63) is 11.9 Å². The first kappa shape index (κ1) is 15.0. The molecule has 112 valence electrons. The Kier molecular flexibility index (Phi) is 5.59. The summed E-state index contributed by atoms with van der Waals surface area (Å²) in [7, 11) is 2.11. The number of nitrogens with one attached hydrogen (secondary N) is 1. The van der Waals surface area contributed by atoms with Crippen molar-refractivity contribution in [1.82, 2.24) is 9.97 Å². The lowest BCUT2D eigenvalue weighted by Crippen LogP contribution is -2.22. The van der Waals surface area contributed by atoms with Crippen LogP contribution in [0.2, 0.25) is 0 Å². The minimum Gasteiger partial charge on any atom is -0.374 e. The Morgan fingerprint density at radius 2 is 2.15 bits per heavy atom. The van der Waals surface area contributed by atoms with Crippen molar-refractivity contribution < 1.29 is 4.74 Å². The number of ether oxygens (including phenoxy) is 1. The van der Waals surface area contributed by atoms with Crippen molar-refractivity contribution in [3.8, 4) is 0 Å². The van der Waals surface area contributed by atoms with E-state index < -0.39 is 0 Å². The molecule has 0 aliphatic heterocycles. The molecule has 1 N–H and O–H groups in total. The molecule has 5 nitrogen and oxygen atoms in total. The molecule has 0 aromatic carbocycles. The number of nitrogens with zero attached hydrogens (tertiary/aromatic N) is 3. The van der Waals surface area contributed by atoms with Crippen molar-refractivity contribution in [2.24, 2.45) is 5.92 Å². The van der Waals surface area contributed by atoms with Gasteiger partial charge >= 0.3 is 0 Å². The van der Waals surface area contributed by atoms with Crippen molar-refractivity contribution in [2.75, 3.05) is 37.0 Å². The largest absolute Gasteiger partial charge is 0.374 e. The molecule has 1 aromatic heterocycles. The molecule has 5 heteroatoms. The smallest absolute Gasteiger partial charge is 0.158 e. The van der Waals surface area contributed by atoms with Gasteiger partial charge in [0.1, 0.15) is 18.2 Å². The van der Waals surface area contributed by atoms with E-state index in [1.54, 1.807) is 0 Å². The summed E-state index contributed by atoms with van der Waals surface area (Å²) in [6.07, 6.45) is 3.78. The lowest BCUT2D eigenvalue weighted by molar-refractivity contribution is 0.128. The maximum Gasteiger partial charge on any atom is 0.158 e. The second kappa shape index (κ2) is 7.43. The first-order valence-corrected chi connectivity index (χ1v) is 7.63. The van der Waals surface area contributed by atoms with E-state index in [2.05, 4.69) is 34.2 Å². The van der Waals surface area contributed by atoms with Gasteiger partial charge in [-0.1, -0.05) is 6.92 Å². The highest BCUT2D eigenvalue weighted by Crippen LogP contribution is 2.30. The molecule has 0 spiro atoms. The van der Waals surface area contributed by atoms with Gasteiger partial charge in [-0.15, -0.1) is 0 Å². The van der Waals surface area contributed by atoms with Gasteiger partial charge in [-0.3, -0.25) is 0 Å². The van der Waals surface area contributed by atoms with Crippen LogP contribution in [-0.2, 0) is 11.3 Å². The van der Waals surface area contributed by atoms with Gasteiger partial charge in [0.25, 0.3) is 0 Å². The summed E-state index contributed by atoms with van der Waals surface area (Å²) >= 11 is 0. The summed E-state index contributed by atoms with van der Waals surface area (Å²) < 4.78 is 5.44. The molecule has 1 aromatic rings. The van der Waals surface area contributed by atoms with E-state index >= 15 is 0 Å². The molecule has 1 saturated carbocycles. The Balaban J connectivity index is 2.09. The topological polar surface area (TPSA) is 50.3 Å². The molecule has 1 aliphatic carbocycles. The van der Waals surface area contributed by atoms with Crippen LogP contribution in [-0.4, -0.2) is 36.7 Å². The zero-order chi connectivity index (χ0) is 14.4. The van der Waals surface area contributed by atoms with Crippen LogP contribution in [0, 0.1) is 5.92 Å². The Morgan fingerprint density at radius 3 is 2.80 bits per heavy atom. The van der Waals surface area contributed by atoms with Crippen LogP contribution in [0.5, 0.6) is 0 Å². The van der Waals surface area contributed by atoms with Crippen molar-refractivity contribution in [2.45, 2.75) is 39.7 Å². The third-order valence-electron chi connectivity index (χ3n) is 3.37. The summed E-state index contributed by atoms with van der Waals surface area (Å²) in [5.41, 5.74) is 0. The second-order valence-corrected chi connectivity index (χ2v) is 5.42. The fraction of sp³-hybridized carbons (Fsp3) is 0.733. The Hall–Kier alpha value is -1.36. The van der Waals surface area contributed by atoms with Gasteiger partial charge in [0.05, 0.1) is 0 Å². The number of hydrogen-bond acceptors (Lipinski definition) is 5. The third kappa shape index (κ3) is 4.63. The van der Waals surface area contributed by atoms with Crippen molar-refractivity contribution in [1.29, 1.82) is 0 Å². The maximum atomic E-state index is 5.44. The minimum atomic E-state index is 0.475. The molecule has 0 amide bonds. The molecule has 0 saturated heterocycles. The monoisotopic (exact) mass is 278 g/mol. The molecular formula is C15H26N4O. The van der Waals surface area contributed by atoms with Crippen LogP contribution >= 0.6 is 0 Å². The summed E-state index contributed by atoms with van der Waals surface area (Å²) in [6.45, 7) is 7.30. The molecule has 1 fully saturated rings. The minimum absolute atomic E-state index is 0.475. The number of anilines is 2. The highest BCUT2D eigenvalue weighted by molar-refractivity contribution is 5.49. The van der Waals surface area contributed by atoms with E-state index in [9.17, 15) is 0 Å². The number of aromatic nitrogens is 2. The average Bonchev–Trinajstić information content (AvgIpc) is 3.26. The van der Waals surface area contributed by atoms with Crippen LogP contribution in [0.1, 0.15) is 38.9 Å². The van der Waals surface area contributed by atoms with Crippen LogP contribution in [0.4, 0.5) is 11.6 Å². The van der Waals surface area contributed by atoms with Gasteiger partial charge in [0.2, 0.25) is 0 Å². The van der Waals surface area contributed by atoms with E-state index in [4.69, 9.17) is 4.74 Å². The van der Waals surface area contributed by atoms with Gasteiger partial charge < -0.3 is 15.0 Å². The lowest BCUT2D eigenvalue weighted by atomic mass is 10.3. The predicted molar refractivity (Wildman–Crippen MR) is 82.1 cm³/mol. The van der Waals surface area contributed by atoms with Crippen molar-refractivity contribution in [3.63, 3.8) is 0 Å². The van der Waals surface area contributed by atoms with Gasteiger partial charge in [-0.2, -0.15) is 0 Å². The lowest BCUT2D eigenvalue weighted by Gasteiger charge is -2.19. The number of rotatable bonds is 9. The fourth-order valence-corrected chi connectivity index (χ4v) is 2.06. The average molecular weight is 278 g/mol. The maximum absolute atomic E-state index is 5.44. The standard InChI is InChI=1S/C15H26N4O/c1-4-8-16-13-9-15(19(3)10-12-6-7-12)18-14(17-13)11-20-5-2/h9,12H,4-8,10-11H2,1-3H3,(H,16,17,18). The van der Waals surface area contributed by atoms with E-state index in [1.165, 1.54) is 12.8 Å². The van der Waals surface area contributed by atoms with Crippen LogP contribution < -0.4 is 10.2 Å². The summed E-state index contributed by atoms with van der Waals surface area (Å²) in [5, 5.41) is 3.34. The summed E-state index contributed by atoms with van der Waals surface area (Å²) in [4.78, 5) is 11.3. The zero-order valence-electron chi connectivity index (χ0n) is 12.9. The number of hydrogen-bond donors (Lipinski definition) is 1. The van der Waals surface area contributed by atoms with Crippen LogP contribution in [0.15, 0.2) is 6.07 Å². The molecule has 1 aliphatic rings. The predicted octanol–water partition coefficient (Wildman–Crippen LogP) is 2.68. The fourth-order valence-electron chi connectivity index (χ4n) is 2.06. The molecule has 0 atom stereocenters. The Bertz CT molecular complexity index is 394. The van der Waals surface area contributed by atoms with Gasteiger partial charge in [0, 0.05) is 32.8 Å². The zero-order valence-corrected chi connectivity index (χ0v) is 12.9. The molecule has 1 heterocycles. The first-order chi connectivity index (χ1) is 9.72. The van der Waals surface area contributed by atoms with Crippen LogP contribution in [0.25, 0.3) is 0 Å². The quantitative estimate of drug-likeness (QED) is 0.752. The third-order valence-corrected chi connectivity index (χ3v) is 3.37. The van der Waals surface area contributed by atoms with E-state index in [1.807, 2.05) is 13.0 Å². The van der Waals surface area contributed by atoms with Gasteiger partial charge in [-0.05, 0) is 32.1 Å². The molecule has 2 rings (SSSR count). The highest BCUT2D eigenvalue weighted by Gasteiger charge is 2.23. The van der Waals surface area contributed by atoms with Crippen molar-refractivity contribution >= 4 is 11.6 Å². The van der Waals surface area contributed by atoms with Crippen LogP contribution in [0.3, 0.4) is 0 Å². The van der Waals surface area contributed by atoms with E-state index in [0.717, 1.165) is 42.9 Å². The summed E-state index contributed by atoms with van der Waals surface area (Å²) in [5.74, 6) is 3.48. The van der Waals surface area contributed by atoms with Gasteiger partial charge in [-0.25, -0.2) is 9.97 Å². The Morgan fingerprint density at radius 1 is 1.35 bits per heavy atom. The van der Waals surface area contributed by atoms with E-state index in [0.29, 0.717) is 13.2 Å². The second-order valence-electron chi connectivity index (χ2n) is 5.42. The molecule has 20 heavy (non-hydrogen) atoms. The molecule has 0 unspecified atom stereocenters. The summed E-state index contributed by atoms with van der Waals surface area (Å²) in [6, 6.07) is 2.04. The molecular weight excluding hydrogens is 252 g/mol. The first-order valence-electron chi connectivity index (χ1n) is 7.63. The normalized spacial score (nSPS) is 14.3. The molecule has 0 radical (unpaired) electrons. The Labute approximate surface area is 121 Å². The molecule has 0 bridgehead atoms. The SMILES string of the molecule is CCCNc1cc(N(C)CC2CC2)nc(COCC)n1. The highest BCUT2D eigenvalue weighted by atomic mass is 16.5. The van der Waals surface area contributed by atoms with Gasteiger partial charge in [0.15, 0.2) is 5.82 Å².